The summed E-state index contributed by atoms with van der Waals surface area (Å²) >= 11 is 0. The molecular formula is C21H24N4O3S. The van der Waals surface area contributed by atoms with Crippen LogP contribution in [0.5, 0.6) is 5.75 Å². The fraction of sp³-hybridized carbons (Fsp3) is 0.238. The predicted molar refractivity (Wildman–Crippen MR) is 114 cm³/mol. The lowest BCUT2D eigenvalue weighted by Gasteiger charge is -2.15. The molecule has 7 nitrogen and oxygen atoms in total. The van der Waals surface area contributed by atoms with Gasteiger partial charge >= 0.3 is 0 Å². The molecule has 2 aromatic carbocycles. The number of hydrogen-bond donors (Lipinski definition) is 2. The van der Waals surface area contributed by atoms with E-state index in [1.807, 2.05) is 39.0 Å². The molecule has 8 heteroatoms. The van der Waals surface area contributed by atoms with Crippen LogP contribution in [-0.2, 0) is 16.4 Å². The molecule has 0 fully saturated rings. The number of hydrogen-bond acceptors (Lipinski definition) is 6. The first-order chi connectivity index (χ1) is 13.9. The lowest BCUT2D eigenvalue weighted by atomic mass is 10.1. The van der Waals surface area contributed by atoms with Crippen LogP contribution in [0.3, 0.4) is 0 Å². The van der Waals surface area contributed by atoms with E-state index in [0.29, 0.717) is 30.3 Å². The van der Waals surface area contributed by atoms with Crippen LogP contribution in [0, 0.1) is 6.92 Å². The lowest BCUT2D eigenvalue weighted by Crippen LogP contribution is -2.14. The Morgan fingerprint density at radius 2 is 1.76 bits per heavy atom. The Labute approximate surface area is 171 Å². The average molecular weight is 413 g/mol. The van der Waals surface area contributed by atoms with Gasteiger partial charge in [-0.25, -0.2) is 18.4 Å². The molecule has 29 heavy (non-hydrogen) atoms. The normalized spacial score (nSPS) is 11.1. The van der Waals surface area contributed by atoms with Crippen molar-refractivity contribution in [2.75, 3.05) is 16.6 Å². The van der Waals surface area contributed by atoms with Gasteiger partial charge in [0.1, 0.15) is 17.9 Å². The van der Waals surface area contributed by atoms with Crippen molar-refractivity contribution in [2.24, 2.45) is 0 Å². The zero-order valence-corrected chi connectivity index (χ0v) is 17.5. The van der Waals surface area contributed by atoms with Gasteiger partial charge in [-0.15, -0.1) is 0 Å². The third-order valence-electron chi connectivity index (χ3n) is 4.26. The second-order valence-electron chi connectivity index (χ2n) is 6.41. The van der Waals surface area contributed by atoms with Crippen molar-refractivity contribution in [2.45, 2.75) is 32.1 Å². The van der Waals surface area contributed by atoms with Crippen molar-refractivity contribution in [3.8, 4) is 5.75 Å². The molecule has 0 aliphatic rings. The van der Waals surface area contributed by atoms with Gasteiger partial charge in [0.25, 0.3) is 10.0 Å². The smallest absolute Gasteiger partial charge is 0.261 e. The summed E-state index contributed by atoms with van der Waals surface area (Å²) in [6.07, 6.45) is 2.17. The molecule has 152 valence electrons. The minimum atomic E-state index is -3.73. The quantitative estimate of drug-likeness (QED) is 0.573. The number of benzene rings is 2. The summed E-state index contributed by atoms with van der Waals surface area (Å²) in [6.45, 7) is 6.26. The minimum Gasteiger partial charge on any atom is -0.494 e. The van der Waals surface area contributed by atoms with Crippen LogP contribution in [-0.4, -0.2) is 25.0 Å². The molecule has 0 unspecified atom stereocenters. The molecule has 1 heterocycles. The monoisotopic (exact) mass is 412 g/mol. The lowest BCUT2D eigenvalue weighted by molar-refractivity contribution is 0.340. The van der Waals surface area contributed by atoms with Crippen molar-refractivity contribution >= 4 is 27.2 Å². The Morgan fingerprint density at radius 1 is 1.00 bits per heavy atom. The summed E-state index contributed by atoms with van der Waals surface area (Å²) in [7, 11) is -3.73. The van der Waals surface area contributed by atoms with Gasteiger partial charge in [-0.1, -0.05) is 13.0 Å². The molecule has 2 N–H and O–H groups in total. The average Bonchev–Trinajstić information content (AvgIpc) is 2.69. The van der Waals surface area contributed by atoms with Crippen molar-refractivity contribution in [1.29, 1.82) is 0 Å². The Kier molecular flexibility index (Phi) is 6.33. The number of aromatic nitrogens is 2. The van der Waals surface area contributed by atoms with Gasteiger partial charge < -0.3 is 10.1 Å². The van der Waals surface area contributed by atoms with Crippen LogP contribution in [0.1, 0.15) is 25.1 Å². The van der Waals surface area contributed by atoms with Crippen molar-refractivity contribution in [3.05, 3.63) is 66.1 Å². The minimum absolute atomic E-state index is 0.174. The van der Waals surface area contributed by atoms with E-state index in [2.05, 4.69) is 20.0 Å². The Balaban J connectivity index is 1.86. The molecule has 0 radical (unpaired) electrons. The Morgan fingerprint density at radius 3 is 2.41 bits per heavy atom. The van der Waals surface area contributed by atoms with Crippen LogP contribution in [0.2, 0.25) is 0 Å². The maximum Gasteiger partial charge on any atom is 0.261 e. The van der Waals surface area contributed by atoms with E-state index in [1.165, 1.54) is 18.5 Å². The predicted octanol–water partition coefficient (Wildman–Crippen LogP) is 4.29. The number of nitrogens with one attached hydrogen (secondary N) is 2. The third-order valence-corrected chi connectivity index (χ3v) is 5.64. The molecular weight excluding hydrogens is 388 g/mol. The molecule has 0 spiro atoms. The summed E-state index contributed by atoms with van der Waals surface area (Å²) in [5.74, 6) is 1.27. The Hall–Kier alpha value is -3.13. The van der Waals surface area contributed by atoms with Gasteiger partial charge in [0.05, 0.1) is 17.2 Å². The highest BCUT2D eigenvalue weighted by Gasteiger charge is 2.16. The van der Waals surface area contributed by atoms with Crippen LogP contribution in [0.15, 0.2) is 59.8 Å². The molecule has 3 rings (SSSR count). The van der Waals surface area contributed by atoms with E-state index in [0.717, 1.165) is 16.9 Å². The summed E-state index contributed by atoms with van der Waals surface area (Å²) in [5.41, 5.74) is 2.98. The van der Waals surface area contributed by atoms with Crippen LogP contribution in [0.4, 0.5) is 17.2 Å². The maximum absolute atomic E-state index is 12.9. The topological polar surface area (TPSA) is 93.2 Å². The van der Waals surface area contributed by atoms with Gasteiger partial charge in [-0.2, -0.15) is 0 Å². The molecule has 0 amide bonds. The SMILES string of the molecule is CCOc1ccc(S(=O)(=O)Nc2cc(Nc3cc(C)ncn3)ccc2CC)cc1. The van der Waals surface area contributed by atoms with Crippen LogP contribution in [0.25, 0.3) is 0 Å². The molecule has 0 bridgehead atoms. The fourth-order valence-corrected chi connectivity index (χ4v) is 3.91. The maximum atomic E-state index is 12.9. The van der Waals surface area contributed by atoms with E-state index in [-0.39, 0.29) is 4.90 Å². The summed E-state index contributed by atoms with van der Waals surface area (Å²) in [5, 5.41) is 3.18. The number of anilines is 3. The highest BCUT2D eigenvalue weighted by atomic mass is 32.2. The van der Waals surface area contributed by atoms with E-state index in [4.69, 9.17) is 4.74 Å². The van der Waals surface area contributed by atoms with Gasteiger partial charge in [0.15, 0.2) is 0 Å². The molecule has 0 aliphatic carbocycles. The molecule has 3 aromatic rings. The first-order valence-corrected chi connectivity index (χ1v) is 10.8. The van der Waals surface area contributed by atoms with E-state index >= 15 is 0 Å². The number of rotatable bonds is 8. The standard InChI is InChI=1S/C21H24N4O3S/c1-4-16-6-7-17(24-21-12-15(3)22-14-23-21)13-20(16)25-29(26,27)19-10-8-18(9-11-19)28-5-2/h6-14,25H,4-5H2,1-3H3,(H,22,23,24). The number of aryl methyl sites for hydroxylation is 2. The van der Waals surface area contributed by atoms with Crippen LogP contribution >= 0.6 is 0 Å². The highest BCUT2D eigenvalue weighted by Crippen LogP contribution is 2.27. The van der Waals surface area contributed by atoms with Crippen molar-refractivity contribution in [1.82, 2.24) is 9.97 Å². The van der Waals surface area contributed by atoms with Crippen molar-refractivity contribution in [3.63, 3.8) is 0 Å². The molecule has 0 saturated heterocycles. The molecule has 0 aliphatic heterocycles. The second kappa shape index (κ2) is 8.91. The van der Waals surface area contributed by atoms with E-state index in [1.54, 1.807) is 18.2 Å². The highest BCUT2D eigenvalue weighted by molar-refractivity contribution is 7.92. The van der Waals surface area contributed by atoms with E-state index in [9.17, 15) is 8.42 Å². The number of ether oxygens (including phenoxy) is 1. The third kappa shape index (κ3) is 5.23. The van der Waals surface area contributed by atoms with Gasteiger partial charge in [0.2, 0.25) is 0 Å². The van der Waals surface area contributed by atoms with Crippen LogP contribution < -0.4 is 14.8 Å². The van der Waals surface area contributed by atoms with Crippen molar-refractivity contribution < 1.29 is 13.2 Å². The first kappa shape index (κ1) is 20.6. The van der Waals surface area contributed by atoms with Gasteiger partial charge in [0, 0.05) is 17.4 Å². The van der Waals surface area contributed by atoms with E-state index < -0.39 is 10.0 Å². The molecule has 1 aromatic heterocycles. The fourth-order valence-electron chi connectivity index (χ4n) is 2.81. The zero-order valence-electron chi connectivity index (χ0n) is 16.6. The molecule has 0 saturated carbocycles. The summed E-state index contributed by atoms with van der Waals surface area (Å²) in [6, 6.07) is 13.7. The number of nitrogens with zero attached hydrogens (tertiary/aromatic N) is 2. The zero-order chi connectivity index (χ0) is 20.9. The van der Waals surface area contributed by atoms with Gasteiger partial charge in [-0.05, 0) is 62.2 Å². The summed E-state index contributed by atoms with van der Waals surface area (Å²) < 4.78 is 33.8. The van der Waals surface area contributed by atoms with Gasteiger partial charge in [-0.3, -0.25) is 4.72 Å². The summed E-state index contributed by atoms with van der Waals surface area (Å²) in [4.78, 5) is 8.43. The first-order valence-electron chi connectivity index (χ1n) is 9.35. The largest absolute Gasteiger partial charge is 0.494 e. The second-order valence-corrected chi connectivity index (χ2v) is 8.09. The number of sulfonamides is 1. The Bertz CT molecular complexity index is 1080. The molecule has 0 atom stereocenters.